The zero-order valence-electron chi connectivity index (χ0n) is 15.2. The molecule has 0 fully saturated rings. The molecule has 0 unspecified atom stereocenters. The number of aromatic nitrogens is 1. The molecule has 144 valence electrons. The second kappa shape index (κ2) is 8.47. The molecule has 0 saturated carbocycles. The fourth-order valence-electron chi connectivity index (χ4n) is 3.28. The molecule has 2 aromatic carbocycles. The normalized spacial score (nSPS) is 10.9. The van der Waals surface area contributed by atoms with Gasteiger partial charge < -0.3 is 5.11 Å². The molecule has 28 heavy (non-hydrogen) atoms. The summed E-state index contributed by atoms with van der Waals surface area (Å²) in [4.78, 5) is 34.1. The van der Waals surface area contributed by atoms with Crippen molar-refractivity contribution in [3.8, 4) is 0 Å². The summed E-state index contributed by atoms with van der Waals surface area (Å²) in [5.74, 6) is -1.11. The van der Waals surface area contributed by atoms with Gasteiger partial charge in [0, 0.05) is 35.7 Å². The van der Waals surface area contributed by atoms with Crippen molar-refractivity contribution in [2.75, 3.05) is 0 Å². The molecule has 0 radical (unpaired) electrons. The molecule has 0 aliphatic rings. The van der Waals surface area contributed by atoms with Crippen molar-refractivity contribution < 1.29 is 19.6 Å². The third-order valence-corrected chi connectivity index (χ3v) is 4.65. The van der Waals surface area contributed by atoms with Crippen molar-refractivity contribution in [3.05, 3.63) is 76.0 Å². The molecule has 7 nitrogen and oxygen atoms in total. The molecule has 7 heteroatoms. The van der Waals surface area contributed by atoms with Crippen LogP contribution < -0.4 is 0 Å². The van der Waals surface area contributed by atoms with E-state index in [0.717, 1.165) is 35.7 Å². The first kappa shape index (κ1) is 19.3. The molecule has 0 aliphatic carbocycles. The van der Waals surface area contributed by atoms with E-state index < -0.39 is 10.9 Å². The van der Waals surface area contributed by atoms with Crippen molar-refractivity contribution in [1.82, 2.24) is 4.57 Å². The van der Waals surface area contributed by atoms with Gasteiger partial charge >= 0.3 is 5.97 Å². The minimum Gasteiger partial charge on any atom is -0.481 e. The molecule has 0 aliphatic heterocycles. The van der Waals surface area contributed by atoms with Gasteiger partial charge in [-0.1, -0.05) is 30.7 Å². The Hall–Kier alpha value is -3.48. The van der Waals surface area contributed by atoms with Crippen LogP contribution in [0.3, 0.4) is 0 Å². The predicted octanol–water partition coefficient (Wildman–Crippen LogP) is 4.43. The van der Waals surface area contributed by atoms with Gasteiger partial charge in [0.05, 0.1) is 10.4 Å². The van der Waals surface area contributed by atoms with Gasteiger partial charge in [0.1, 0.15) is 0 Å². The standard InChI is InChI=1S/C21H20N2O5/c24-20(25)12-3-1-2-7-16-14-22(19-11-5-4-10-18(16)19)21(26)15-8-6-9-17(13-15)23(27)28/h4-6,8-11,13-14H,1-3,7,12H2,(H,24,25). The van der Waals surface area contributed by atoms with Crippen molar-refractivity contribution in [1.29, 1.82) is 0 Å². The van der Waals surface area contributed by atoms with Crippen LogP contribution >= 0.6 is 0 Å². The summed E-state index contributed by atoms with van der Waals surface area (Å²) in [6, 6.07) is 13.2. The van der Waals surface area contributed by atoms with Crippen molar-refractivity contribution in [2.24, 2.45) is 0 Å². The number of carboxylic acids is 1. The molecule has 1 aromatic heterocycles. The molecular weight excluding hydrogens is 360 g/mol. The lowest BCUT2D eigenvalue weighted by Crippen LogP contribution is -2.11. The number of carbonyl (C=O) groups excluding carboxylic acids is 1. The predicted molar refractivity (Wildman–Crippen MR) is 105 cm³/mol. The largest absolute Gasteiger partial charge is 0.481 e. The number of nitro groups is 1. The van der Waals surface area contributed by atoms with E-state index in [9.17, 15) is 19.7 Å². The van der Waals surface area contributed by atoms with Crippen molar-refractivity contribution >= 4 is 28.5 Å². The van der Waals surface area contributed by atoms with Crippen LogP contribution in [0, 0.1) is 10.1 Å². The van der Waals surface area contributed by atoms with E-state index in [2.05, 4.69) is 0 Å². The van der Waals surface area contributed by atoms with Crippen LogP contribution in [0.1, 0.15) is 41.6 Å². The summed E-state index contributed by atoms with van der Waals surface area (Å²) < 4.78 is 1.53. The number of rotatable bonds is 8. The first-order chi connectivity index (χ1) is 13.5. The Bertz CT molecular complexity index is 1040. The number of aliphatic carboxylic acids is 1. The van der Waals surface area contributed by atoms with Crippen molar-refractivity contribution in [3.63, 3.8) is 0 Å². The summed E-state index contributed by atoms with van der Waals surface area (Å²) in [5.41, 5.74) is 1.88. The van der Waals surface area contributed by atoms with E-state index in [1.807, 2.05) is 24.3 Å². The number of nitrogens with zero attached hydrogens (tertiary/aromatic N) is 2. The highest BCUT2D eigenvalue weighted by Gasteiger charge is 2.17. The minimum atomic E-state index is -0.792. The quantitative estimate of drug-likeness (QED) is 0.354. The Labute approximate surface area is 161 Å². The highest BCUT2D eigenvalue weighted by Crippen LogP contribution is 2.25. The number of para-hydroxylation sites is 1. The molecule has 0 atom stereocenters. The SMILES string of the molecule is O=C(O)CCCCCc1cn(C(=O)c2cccc([N+](=O)[O-])c2)c2ccccc12. The maximum absolute atomic E-state index is 13.0. The molecule has 3 rings (SSSR count). The lowest BCUT2D eigenvalue weighted by atomic mass is 10.1. The number of hydrogen-bond donors (Lipinski definition) is 1. The van der Waals surface area contributed by atoms with Gasteiger partial charge in [-0.05, 0) is 37.0 Å². The topological polar surface area (TPSA) is 102 Å². The van der Waals surface area contributed by atoms with Gasteiger partial charge in [0.25, 0.3) is 11.6 Å². The maximum atomic E-state index is 13.0. The van der Waals surface area contributed by atoms with E-state index >= 15 is 0 Å². The Balaban J connectivity index is 1.85. The molecule has 1 N–H and O–H groups in total. The monoisotopic (exact) mass is 380 g/mol. The Kier molecular flexibility index (Phi) is 5.84. The van der Waals surface area contributed by atoms with E-state index in [4.69, 9.17) is 5.11 Å². The van der Waals surface area contributed by atoms with Crippen LogP contribution in [-0.4, -0.2) is 26.5 Å². The maximum Gasteiger partial charge on any atom is 0.303 e. The summed E-state index contributed by atoms with van der Waals surface area (Å²) in [5, 5.41) is 20.7. The molecule has 3 aromatic rings. The number of benzene rings is 2. The minimum absolute atomic E-state index is 0.124. The number of fused-ring (bicyclic) bond motifs is 1. The molecule has 1 heterocycles. The molecule has 0 amide bonds. The summed E-state index contributed by atoms with van der Waals surface area (Å²) in [6.45, 7) is 0. The molecule has 0 spiro atoms. The number of carboxylic acid groups (broad SMARTS) is 1. The van der Waals surface area contributed by atoms with Crippen LogP contribution in [0.15, 0.2) is 54.7 Å². The fourth-order valence-corrected chi connectivity index (χ4v) is 3.28. The molecular formula is C21H20N2O5. The zero-order chi connectivity index (χ0) is 20.1. The Morgan fingerprint density at radius 3 is 2.57 bits per heavy atom. The lowest BCUT2D eigenvalue weighted by Gasteiger charge is -2.04. The van der Waals surface area contributed by atoms with Gasteiger partial charge in [0.15, 0.2) is 0 Å². The van der Waals surface area contributed by atoms with E-state index in [1.165, 1.54) is 22.8 Å². The fraction of sp³-hybridized carbons (Fsp3) is 0.238. The van der Waals surface area contributed by atoms with Gasteiger partial charge in [-0.2, -0.15) is 0 Å². The van der Waals surface area contributed by atoms with Crippen LogP contribution in [-0.2, 0) is 11.2 Å². The number of carbonyl (C=O) groups is 2. The molecule has 0 saturated heterocycles. The van der Waals surface area contributed by atoms with Gasteiger partial charge in [0.2, 0.25) is 0 Å². The number of non-ortho nitro benzene ring substituents is 1. The number of aryl methyl sites for hydroxylation is 1. The highest BCUT2D eigenvalue weighted by molar-refractivity contribution is 6.03. The molecule has 0 bridgehead atoms. The second-order valence-electron chi connectivity index (χ2n) is 6.61. The third kappa shape index (κ3) is 4.25. The average molecular weight is 380 g/mol. The summed E-state index contributed by atoms with van der Waals surface area (Å²) >= 11 is 0. The Morgan fingerprint density at radius 1 is 1.04 bits per heavy atom. The number of unbranched alkanes of at least 4 members (excludes halogenated alkanes) is 2. The smallest absolute Gasteiger partial charge is 0.303 e. The van der Waals surface area contributed by atoms with Gasteiger partial charge in [-0.3, -0.25) is 24.3 Å². The summed E-state index contributed by atoms with van der Waals surface area (Å²) in [6.07, 6.45) is 4.92. The summed E-state index contributed by atoms with van der Waals surface area (Å²) in [7, 11) is 0. The second-order valence-corrected chi connectivity index (χ2v) is 6.61. The van der Waals surface area contributed by atoms with E-state index in [-0.39, 0.29) is 23.6 Å². The first-order valence-corrected chi connectivity index (χ1v) is 9.07. The third-order valence-electron chi connectivity index (χ3n) is 4.65. The van der Waals surface area contributed by atoms with Crippen LogP contribution in [0.4, 0.5) is 5.69 Å². The lowest BCUT2D eigenvalue weighted by molar-refractivity contribution is -0.384. The number of hydrogen-bond acceptors (Lipinski definition) is 4. The van der Waals surface area contributed by atoms with Crippen molar-refractivity contribution in [2.45, 2.75) is 32.1 Å². The highest BCUT2D eigenvalue weighted by atomic mass is 16.6. The van der Waals surface area contributed by atoms with E-state index in [0.29, 0.717) is 6.42 Å². The van der Waals surface area contributed by atoms with Crippen LogP contribution in [0.25, 0.3) is 10.9 Å². The zero-order valence-corrected chi connectivity index (χ0v) is 15.2. The van der Waals surface area contributed by atoms with Crippen LogP contribution in [0.5, 0.6) is 0 Å². The van der Waals surface area contributed by atoms with Gasteiger partial charge in [-0.15, -0.1) is 0 Å². The van der Waals surface area contributed by atoms with Crippen LogP contribution in [0.2, 0.25) is 0 Å². The van der Waals surface area contributed by atoms with E-state index in [1.54, 1.807) is 12.3 Å². The Morgan fingerprint density at radius 2 is 1.82 bits per heavy atom. The average Bonchev–Trinajstić information content (AvgIpc) is 3.06. The first-order valence-electron chi connectivity index (χ1n) is 9.07. The van der Waals surface area contributed by atoms with Gasteiger partial charge in [-0.25, -0.2) is 0 Å². The number of nitro benzene ring substituents is 1.